The molecule has 6 nitrogen and oxygen atoms in total. The molecule has 1 fully saturated rings. The molecule has 1 aliphatic rings. The quantitative estimate of drug-likeness (QED) is 0.789. The SMILES string of the molecule is CCOc1ccccc1NCC(=O)N(c1ccccc1)[C@H]1CCS(=O)(=O)C1. The molecule has 1 N–H and O–H groups in total. The number of para-hydroxylation sites is 3. The van der Waals surface area contributed by atoms with Gasteiger partial charge in [0.1, 0.15) is 5.75 Å². The largest absolute Gasteiger partial charge is 0.492 e. The van der Waals surface area contributed by atoms with Crippen LogP contribution in [0.4, 0.5) is 11.4 Å². The van der Waals surface area contributed by atoms with Gasteiger partial charge in [0.15, 0.2) is 9.84 Å². The first kappa shape index (κ1) is 19.2. The van der Waals surface area contributed by atoms with Gasteiger partial charge in [0.05, 0.1) is 36.4 Å². The topological polar surface area (TPSA) is 75.7 Å². The standard InChI is InChI=1S/C20H24N2O4S/c1-2-26-19-11-7-6-10-18(19)21-14-20(23)22(16-8-4-3-5-9-16)17-12-13-27(24,25)15-17/h3-11,17,21H,2,12-15H2,1H3/t17-/m0/s1. The molecule has 0 saturated carbocycles. The lowest BCUT2D eigenvalue weighted by Crippen LogP contribution is -2.44. The third-order valence-electron chi connectivity index (χ3n) is 4.49. The summed E-state index contributed by atoms with van der Waals surface area (Å²) in [5.41, 5.74) is 1.45. The second-order valence-corrected chi connectivity index (χ2v) is 8.67. The lowest BCUT2D eigenvalue weighted by molar-refractivity contribution is -0.117. The molecule has 1 heterocycles. The maximum absolute atomic E-state index is 13.0. The van der Waals surface area contributed by atoms with Gasteiger partial charge in [0, 0.05) is 5.69 Å². The van der Waals surface area contributed by atoms with Crippen LogP contribution in [0, 0.1) is 0 Å². The van der Waals surface area contributed by atoms with Crippen LogP contribution in [0.3, 0.4) is 0 Å². The first-order valence-corrected chi connectivity index (χ1v) is 10.9. The fourth-order valence-corrected chi connectivity index (χ4v) is 4.98. The molecule has 0 radical (unpaired) electrons. The van der Waals surface area contributed by atoms with Crippen molar-refractivity contribution in [2.24, 2.45) is 0 Å². The van der Waals surface area contributed by atoms with Crippen molar-refractivity contribution in [3.8, 4) is 5.75 Å². The molecule has 0 aliphatic carbocycles. The summed E-state index contributed by atoms with van der Waals surface area (Å²) in [4.78, 5) is 14.6. The van der Waals surface area contributed by atoms with Crippen molar-refractivity contribution in [3.05, 3.63) is 54.6 Å². The van der Waals surface area contributed by atoms with Crippen molar-refractivity contribution in [1.29, 1.82) is 0 Å². The molecule has 144 valence electrons. The average molecular weight is 388 g/mol. The van der Waals surface area contributed by atoms with E-state index in [0.717, 1.165) is 5.69 Å². The number of nitrogens with zero attached hydrogens (tertiary/aromatic N) is 1. The van der Waals surface area contributed by atoms with E-state index in [9.17, 15) is 13.2 Å². The molecule has 0 bridgehead atoms. The summed E-state index contributed by atoms with van der Waals surface area (Å²) in [7, 11) is -3.10. The lowest BCUT2D eigenvalue weighted by Gasteiger charge is -2.29. The first-order valence-electron chi connectivity index (χ1n) is 9.03. The van der Waals surface area contributed by atoms with Crippen LogP contribution in [0.25, 0.3) is 0 Å². The Balaban J connectivity index is 1.78. The van der Waals surface area contributed by atoms with Crippen LogP contribution < -0.4 is 15.0 Å². The van der Waals surface area contributed by atoms with Crippen LogP contribution in [0.1, 0.15) is 13.3 Å². The number of benzene rings is 2. The summed E-state index contributed by atoms with van der Waals surface area (Å²) >= 11 is 0. The second-order valence-electron chi connectivity index (χ2n) is 6.44. The van der Waals surface area contributed by atoms with Crippen molar-refractivity contribution in [3.63, 3.8) is 0 Å². The number of sulfone groups is 1. The van der Waals surface area contributed by atoms with Crippen LogP contribution in [0.15, 0.2) is 54.6 Å². The van der Waals surface area contributed by atoms with Gasteiger partial charge in [-0.1, -0.05) is 30.3 Å². The molecule has 3 rings (SSSR count). The number of carbonyl (C=O) groups excluding carboxylic acids is 1. The number of ether oxygens (including phenoxy) is 1. The Kier molecular flexibility index (Phi) is 6.01. The zero-order chi connectivity index (χ0) is 19.3. The predicted molar refractivity (Wildman–Crippen MR) is 107 cm³/mol. The lowest BCUT2D eigenvalue weighted by atomic mass is 10.1. The first-order chi connectivity index (χ1) is 13.0. The van der Waals surface area contributed by atoms with Crippen LogP contribution >= 0.6 is 0 Å². The molecule has 2 aromatic carbocycles. The van der Waals surface area contributed by atoms with E-state index in [-0.39, 0.29) is 30.0 Å². The molecular formula is C20H24N2O4S. The Hall–Kier alpha value is -2.54. The fourth-order valence-electron chi connectivity index (χ4n) is 3.28. The minimum absolute atomic E-state index is 0.00314. The van der Waals surface area contributed by atoms with Gasteiger partial charge in [0.2, 0.25) is 5.91 Å². The Morgan fingerprint density at radius 2 is 1.85 bits per heavy atom. The highest BCUT2D eigenvalue weighted by molar-refractivity contribution is 7.91. The summed E-state index contributed by atoms with van der Waals surface area (Å²) in [5.74, 6) is 0.634. The van der Waals surface area contributed by atoms with E-state index in [0.29, 0.717) is 24.5 Å². The average Bonchev–Trinajstić information content (AvgIpc) is 3.02. The van der Waals surface area contributed by atoms with Crippen molar-refractivity contribution in [2.45, 2.75) is 19.4 Å². The highest BCUT2D eigenvalue weighted by atomic mass is 32.2. The smallest absolute Gasteiger partial charge is 0.246 e. The molecule has 1 saturated heterocycles. The maximum Gasteiger partial charge on any atom is 0.246 e. The number of carbonyl (C=O) groups is 1. The van der Waals surface area contributed by atoms with Crippen LogP contribution in [-0.4, -0.2) is 45.0 Å². The molecule has 1 atom stereocenters. The molecule has 0 unspecified atom stereocenters. The molecular weight excluding hydrogens is 364 g/mol. The molecule has 7 heteroatoms. The van der Waals surface area contributed by atoms with E-state index < -0.39 is 9.84 Å². The van der Waals surface area contributed by atoms with E-state index in [1.54, 1.807) is 4.90 Å². The van der Waals surface area contributed by atoms with Gasteiger partial charge >= 0.3 is 0 Å². The zero-order valence-electron chi connectivity index (χ0n) is 15.3. The van der Waals surface area contributed by atoms with Gasteiger partial charge in [-0.05, 0) is 37.6 Å². The molecule has 2 aromatic rings. The van der Waals surface area contributed by atoms with Gasteiger partial charge in [-0.2, -0.15) is 0 Å². The van der Waals surface area contributed by atoms with E-state index in [2.05, 4.69) is 5.32 Å². The van der Waals surface area contributed by atoms with Crippen molar-refractivity contribution in [1.82, 2.24) is 0 Å². The molecule has 1 aliphatic heterocycles. The summed E-state index contributed by atoms with van der Waals surface area (Å²) in [6, 6.07) is 16.3. The second kappa shape index (κ2) is 8.43. The van der Waals surface area contributed by atoms with E-state index >= 15 is 0 Å². The van der Waals surface area contributed by atoms with E-state index in [4.69, 9.17) is 4.74 Å². The van der Waals surface area contributed by atoms with Crippen molar-refractivity contribution < 1.29 is 17.9 Å². The summed E-state index contributed by atoms with van der Waals surface area (Å²) in [5, 5.41) is 3.13. The predicted octanol–water partition coefficient (Wildman–Crippen LogP) is 2.72. The number of anilines is 2. The van der Waals surface area contributed by atoms with Gasteiger partial charge in [0.25, 0.3) is 0 Å². The van der Waals surface area contributed by atoms with Gasteiger partial charge in [-0.15, -0.1) is 0 Å². The van der Waals surface area contributed by atoms with Crippen LogP contribution in [-0.2, 0) is 14.6 Å². The van der Waals surface area contributed by atoms with Gasteiger partial charge < -0.3 is 15.0 Å². The number of nitrogens with one attached hydrogen (secondary N) is 1. The fraction of sp³-hybridized carbons (Fsp3) is 0.350. The Morgan fingerprint density at radius 1 is 1.15 bits per heavy atom. The van der Waals surface area contributed by atoms with Crippen LogP contribution in [0.5, 0.6) is 5.75 Å². The van der Waals surface area contributed by atoms with Crippen molar-refractivity contribution in [2.75, 3.05) is 34.9 Å². The number of amides is 1. The Morgan fingerprint density at radius 3 is 2.52 bits per heavy atom. The molecule has 0 spiro atoms. The normalized spacial score (nSPS) is 18.0. The molecule has 27 heavy (non-hydrogen) atoms. The van der Waals surface area contributed by atoms with E-state index in [1.165, 1.54) is 0 Å². The molecule has 0 aromatic heterocycles. The highest BCUT2D eigenvalue weighted by Crippen LogP contribution is 2.26. The summed E-state index contributed by atoms with van der Waals surface area (Å²) in [6.45, 7) is 2.48. The minimum Gasteiger partial charge on any atom is -0.492 e. The van der Waals surface area contributed by atoms with Gasteiger partial charge in [-0.25, -0.2) is 8.42 Å². The number of hydrogen-bond donors (Lipinski definition) is 1. The number of hydrogen-bond acceptors (Lipinski definition) is 5. The summed E-state index contributed by atoms with van der Waals surface area (Å²) < 4.78 is 29.4. The summed E-state index contributed by atoms with van der Waals surface area (Å²) in [6.07, 6.45) is 0.457. The Labute approximate surface area is 160 Å². The van der Waals surface area contributed by atoms with Gasteiger partial charge in [-0.3, -0.25) is 4.79 Å². The van der Waals surface area contributed by atoms with Crippen LogP contribution in [0.2, 0.25) is 0 Å². The minimum atomic E-state index is -3.10. The maximum atomic E-state index is 13.0. The van der Waals surface area contributed by atoms with Crippen molar-refractivity contribution >= 4 is 27.1 Å². The van der Waals surface area contributed by atoms with E-state index in [1.807, 2.05) is 61.5 Å². The Bertz CT molecular complexity index is 884. The zero-order valence-corrected chi connectivity index (χ0v) is 16.1. The third-order valence-corrected chi connectivity index (χ3v) is 6.24. The number of rotatable bonds is 7. The molecule has 1 amide bonds. The third kappa shape index (κ3) is 4.80. The highest BCUT2D eigenvalue weighted by Gasteiger charge is 2.35. The monoisotopic (exact) mass is 388 g/mol.